The second-order valence-corrected chi connectivity index (χ2v) is 4.55. The van der Waals surface area contributed by atoms with Crippen LogP contribution in [-0.2, 0) is 0 Å². The molecule has 0 bridgehead atoms. The van der Waals surface area contributed by atoms with Gasteiger partial charge in [-0.1, -0.05) is 24.3 Å². The van der Waals surface area contributed by atoms with Gasteiger partial charge in [-0.05, 0) is 41.8 Å². The van der Waals surface area contributed by atoms with E-state index in [9.17, 15) is 17.6 Å². The van der Waals surface area contributed by atoms with E-state index in [4.69, 9.17) is 5.73 Å². The van der Waals surface area contributed by atoms with Gasteiger partial charge in [0.05, 0.1) is 6.04 Å². The molecule has 2 rings (SSSR count). The molecule has 0 saturated heterocycles. The molecule has 2 N–H and O–H groups in total. The molecular weight excluding hydrogens is 322 g/mol. The summed E-state index contributed by atoms with van der Waals surface area (Å²) in [6, 6.07) is 9.13. The van der Waals surface area contributed by atoms with Crippen molar-refractivity contribution in [3.05, 3.63) is 65.0 Å². The molecule has 0 aliphatic carbocycles. The Morgan fingerprint density at radius 1 is 1.05 bits per heavy atom. The van der Waals surface area contributed by atoms with Crippen molar-refractivity contribution in [3.8, 4) is 5.75 Å². The monoisotopic (exact) mass is 335 g/mol. The Balaban J connectivity index is 0.00000242. The van der Waals surface area contributed by atoms with Crippen LogP contribution in [0.15, 0.2) is 42.5 Å². The van der Waals surface area contributed by atoms with Crippen molar-refractivity contribution >= 4 is 12.4 Å². The Morgan fingerprint density at radius 3 is 2.18 bits per heavy atom. The highest BCUT2D eigenvalue weighted by Crippen LogP contribution is 2.27. The summed E-state index contributed by atoms with van der Waals surface area (Å²) in [6.07, 6.45) is -4.73. The predicted octanol–water partition coefficient (Wildman–Crippen LogP) is 4.50. The van der Waals surface area contributed by atoms with E-state index >= 15 is 0 Å². The molecule has 22 heavy (non-hydrogen) atoms. The lowest BCUT2D eigenvalue weighted by Crippen LogP contribution is -2.17. The fraction of sp³-hybridized carbons (Fsp3) is 0.200. The molecular formula is C15H14ClF4NO. The summed E-state index contributed by atoms with van der Waals surface area (Å²) in [5.74, 6) is -0.700. The zero-order valence-electron chi connectivity index (χ0n) is 11.5. The average Bonchev–Trinajstić information content (AvgIpc) is 2.40. The first-order valence-electron chi connectivity index (χ1n) is 6.14. The third kappa shape index (κ3) is 4.35. The third-order valence-electron chi connectivity index (χ3n) is 3.12. The van der Waals surface area contributed by atoms with Crippen molar-refractivity contribution in [2.75, 3.05) is 0 Å². The van der Waals surface area contributed by atoms with Gasteiger partial charge in [-0.3, -0.25) is 0 Å². The fourth-order valence-electron chi connectivity index (χ4n) is 2.02. The molecule has 0 amide bonds. The largest absolute Gasteiger partial charge is 0.573 e. The fourth-order valence-corrected chi connectivity index (χ4v) is 2.02. The van der Waals surface area contributed by atoms with Gasteiger partial charge in [0.1, 0.15) is 11.6 Å². The van der Waals surface area contributed by atoms with Crippen LogP contribution in [0.5, 0.6) is 5.75 Å². The van der Waals surface area contributed by atoms with Crippen LogP contribution in [0.25, 0.3) is 0 Å². The molecule has 2 aromatic rings. The number of hydrogen-bond acceptors (Lipinski definition) is 2. The van der Waals surface area contributed by atoms with Crippen molar-refractivity contribution < 1.29 is 22.3 Å². The maximum atomic E-state index is 13.5. The van der Waals surface area contributed by atoms with Crippen molar-refractivity contribution in [2.24, 2.45) is 5.73 Å². The summed E-state index contributed by atoms with van der Waals surface area (Å²) in [7, 11) is 0. The third-order valence-corrected chi connectivity index (χ3v) is 3.12. The molecule has 0 unspecified atom stereocenters. The summed E-state index contributed by atoms with van der Waals surface area (Å²) in [4.78, 5) is 0. The van der Waals surface area contributed by atoms with E-state index in [0.29, 0.717) is 16.7 Å². The Labute approximate surface area is 131 Å². The standard InChI is InChI=1S/C15H13F4NO.ClH/c1-9-12(3-2-4-13(9)16)14(20)10-5-7-11(8-6-10)21-15(17,18)19;/h2-8,14H,20H2,1H3;1H/t14-;/m1./s1. The molecule has 0 aliphatic heterocycles. The minimum atomic E-state index is -4.73. The molecule has 120 valence electrons. The van der Waals surface area contributed by atoms with Gasteiger partial charge < -0.3 is 10.5 Å². The second-order valence-electron chi connectivity index (χ2n) is 4.55. The van der Waals surface area contributed by atoms with Gasteiger partial charge >= 0.3 is 6.36 Å². The Kier molecular flexibility index (Phi) is 5.79. The van der Waals surface area contributed by atoms with E-state index < -0.39 is 12.4 Å². The second kappa shape index (κ2) is 6.98. The highest BCUT2D eigenvalue weighted by Gasteiger charge is 2.31. The number of ether oxygens (including phenoxy) is 1. The number of nitrogens with two attached hydrogens (primary N) is 1. The van der Waals surface area contributed by atoms with Gasteiger partial charge in [-0.15, -0.1) is 25.6 Å². The first-order valence-corrected chi connectivity index (χ1v) is 6.14. The topological polar surface area (TPSA) is 35.2 Å². The van der Waals surface area contributed by atoms with Crippen LogP contribution in [-0.4, -0.2) is 6.36 Å². The Morgan fingerprint density at radius 2 is 1.64 bits per heavy atom. The van der Waals surface area contributed by atoms with Crippen LogP contribution in [0.3, 0.4) is 0 Å². The number of rotatable bonds is 3. The molecule has 0 saturated carbocycles. The van der Waals surface area contributed by atoms with Gasteiger partial charge in [0, 0.05) is 0 Å². The van der Waals surface area contributed by atoms with Crippen LogP contribution < -0.4 is 10.5 Å². The predicted molar refractivity (Wildman–Crippen MR) is 77.5 cm³/mol. The molecule has 0 aromatic heterocycles. The lowest BCUT2D eigenvalue weighted by atomic mass is 9.95. The van der Waals surface area contributed by atoms with E-state index in [2.05, 4.69) is 4.74 Å². The zero-order chi connectivity index (χ0) is 15.6. The normalized spacial score (nSPS) is 12.5. The maximum Gasteiger partial charge on any atom is 0.573 e. The van der Waals surface area contributed by atoms with E-state index in [1.165, 1.54) is 30.3 Å². The molecule has 2 nitrogen and oxygen atoms in total. The van der Waals surface area contributed by atoms with Gasteiger partial charge in [0.2, 0.25) is 0 Å². The van der Waals surface area contributed by atoms with Crippen molar-refractivity contribution in [3.63, 3.8) is 0 Å². The van der Waals surface area contributed by atoms with Crippen molar-refractivity contribution in [2.45, 2.75) is 19.3 Å². The first-order chi connectivity index (χ1) is 9.78. The molecule has 7 heteroatoms. The average molecular weight is 336 g/mol. The summed E-state index contributed by atoms with van der Waals surface area (Å²) in [5.41, 5.74) is 7.60. The van der Waals surface area contributed by atoms with Gasteiger partial charge in [0.15, 0.2) is 0 Å². The van der Waals surface area contributed by atoms with Gasteiger partial charge in [-0.2, -0.15) is 0 Å². The number of alkyl halides is 3. The van der Waals surface area contributed by atoms with Crippen LogP contribution in [0.1, 0.15) is 22.7 Å². The SMILES string of the molecule is Cc1c(F)cccc1[C@H](N)c1ccc(OC(F)(F)F)cc1.Cl. The minimum Gasteiger partial charge on any atom is -0.406 e. The Bertz CT molecular complexity index is 628. The van der Waals surface area contributed by atoms with Crippen LogP contribution in [0, 0.1) is 12.7 Å². The van der Waals surface area contributed by atoms with Gasteiger partial charge in [0.25, 0.3) is 0 Å². The molecule has 0 aliphatic rings. The number of halogens is 5. The van der Waals surface area contributed by atoms with Crippen LogP contribution >= 0.6 is 12.4 Å². The van der Waals surface area contributed by atoms with Gasteiger partial charge in [-0.25, -0.2) is 4.39 Å². The molecule has 0 heterocycles. The van der Waals surface area contributed by atoms with Crippen LogP contribution in [0.4, 0.5) is 17.6 Å². The molecule has 0 spiro atoms. The highest BCUT2D eigenvalue weighted by molar-refractivity contribution is 5.85. The zero-order valence-corrected chi connectivity index (χ0v) is 12.3. The molecule has 0 fully saturated rings. The van der Waals surface area contributed by atoms with Crippen molar-refractivity contribution in [1.82, 2.24) is 0 Å². The van der Waals surface area contributed by atoms with E-state index in [0.717, 1.165) is 0 Å². The van der Waals surface area contributed by atoms with Crippen LogP contribution in [0.2, 0.25) is 0 Å². The first kappa shape index (κ1) is 18.3. The molecule has 1 atom stereocenters. The lowest BCUT2D eigenvalue weighted by Gasteiger charge is -2.16. The van der Waals surface area contributed by atoms with E-state index in [1.54, 1.807) is 19.1 Å². The summed E-state index contributed by atoms with van der Waals surface area (Å²) in [5, 5.41) is 0. The summed E-state index contributed by atoms with van der Waals surface area (Å²) < 4.78 is 53.5. The number of benzene rings is 2. The maximum absolute atomic E-state index is 13.5. The molecule has 2 aromatic carbocycles. The highest BCUT2D eigenvalue weighted by atomic mass is 35.5. The van der Waals surface area contributed by atoms with E-state index in [-0.39, 0.29) is 24.0 Å². The van der Waals surface area contributed by atoms with E-state index in [1.807, 2.05) is 0 Å². The number of hydrogen-bond donors (Lipinski definition) is 1. The smallest absolute Gasteiger partial charge is 0.406 e. The van der Waals surface area contributed by atoms with Crippen molar-refractivity contribution in [1.29, 1.82) is 0 Å². The Hall–Kier alpha value is -1.79. The minimum absolute atomic E-state index is 0. The molecule has 0 radical (unpaired) electrons. The summed E-state index contributed by atoms with van der Waals surface area (Å²) >= 11 is 0. The quantitative estimate of drug-likeness (QED) is 0.838. The summed E-state index contributed by atoms with van der Waals surface area (Å²) in [6.45, 7) is 1.60. The lowest BCUT2D eigenvalue weighted by molar-refractivity contribution is -0.274.